The third-order valence-corrected chi connectivity index (χ3v) is 3.92. The number of alkyl halides is 1. The Hall–Kier alpha value is -0.690. The zero-order valence-electron chi connectivity index (χ0n) is 14.8. The van der Waals surface area contributed by atoms with Crippen LogP contribution in [0.25, 0.3) is 0 Å². The largest absolute Gasteiger partial charge is 0.493 e. The summed E-state index contributed by atoms with van der Waals surface area (Å²) in [6.07, 6.45) is 2.05. The smallest absolute Gasteiger partial charge is 0.126 e. The van der Waals surface area contributed by atoms with Gasteiger partial charge in [-0.05, 0) is 36.2 Å². The third kappa shape index (κ3) is 4.92. The summed E-state index contributed by atoms with van der Waals surface area (Å²) in [6.45, 7) is 16.3. The van der Waals surface area contributed by atoms with Crippen LogP contribution in [0.1, 0.15) is 71.6 Å². The predicted octanol–water partition coefficient (Wildman–Crippen LogP) is 5.85. The molecule has 21 heavy (non-hydrogen) atoms. The molecule has 0 saturated carbocycles. The second kappa shape index (κ2) is 7.05. The predicted molar refractivity (Wildman–Crippen MR) is 94.1 cm³/mol. The van der Waals surface area contributed by atoms with Crippen molar-refractivity contribution in [3.63, 3.8) is 0 Å². The van der Waals surface area contributed by atoms with Gasteiger partial charge < -0.3 is 4.74 Å². The van der Waals surface area contributed by atoms with Gasteiger partial charge in [-0.3, -0.25) is 0 Å². The van der Waals surface area contributed by atoms with E-state index in [1.54, 1.807) is 0 Å². The maximum absolute atomic E-state index is 6.05. The highest BCUT2D eigenvalue weighted by molar-refractivity contribution is 6.17. The highest BCUT2D eigenvalue weighted by Gasteiger charge is 2.27. The lowest BCUT2D eigenvalue weighted by molar-refractivity contribution is 0.319. The van der Waals surface area contributed by atoms with Crippen LogP contribution in [0, 0.1) is 0 Å². The monoisotopic (exact) mass is 310 g/mol. The summed E-state index contributed by atoms with van der Waals surface area (Å²) in [5.74, 6) is 1.79. The highest BCUT2D eigenvalue weighted by atomic mass is 35.5. The number of benzene rings is 1. The topological polar surface area (TPSA) is 9.23 Å². The maximum atomic E-state index is 6.05. The van der Waals surface area contributed by atoms with Crippen molar-refractivity contribution in [3.05, 3.63) is 28.8 Å². The van der Waals surface area contributed by atoms with Gasteiger partial charge in [-0.15, -0.1) is 11.6 Å². The van der Waals surface area contributed by atoms with Gasteiger partial charge in [-0.25, -0.2) is 0 Å². The van der Waals surface area contributed by atoms with Crippen molar-refractivity contribution in [2.45, 2.75) is 72.1 Å². The first-order valence-electron chi connectivity index (χ1n) is 7.98. The van der Waals surface area contributed by atoms with Crippen LogP contribution < -0.4 is 4.74 Å². The molecule has 0 aromatic heterocycles. The summed E-state index contributed by atoms with van der Waals surface area (Å²) < 4.78 is 6.05. The van der Waals surface area contributed by atoms with E-state index in [2.05, 4.69) is 60.6 Å². The normalized spacial score (nSPS) is 12.6. The molecule has 2 heteroatoms. The maximum Gasteiger partial charge on any atom is 0.126 e. The van der Waals surface area contributed by atoms with Gasteiger partial charge in [0.15, 0.2) is 0 Å². The van der Waals surface area contributed by atoms with Crippen LogP contribution in [0.2, 0.25) is 0 Å². The van der Waals surface area contributed by atoms with Crippen LogP contribution in [0.3, 0.4) is 0 Å². The van der Waals surface area contributed by atoms with Crippen LogP contribution in [0.15, 0.2) is 12.1 Å². The Kier molecular flexibility index (Phi) is 6.16. The van der Waals surface area contributed by atoms with E-state index in [1.165, 1.54) is 16.7 Å². The summed E-state index contributed by atoms with van der Waals surface area (Å²) >= 11 is 5.87. The van der Waals surface area contributed by atoms with Crippen molar-refractivity contribution < 1.29 is 4.74 Å². The summed E-state index contributed by atoms with van der Waals surface area (Å²) in [7, 11) is 0. The molecule has 0 amide bonds. The molecule has 0 spiro atoms. The fourth-order valence-corrected chi connectivity index (χ4v) is 2.65. The average molecular weight is 311 g/mol. The first-order chi connectivity index (χ1) is 9.61. The Morgan fingerprint density at radius 3 is 1.76 bits per heavy atom. The van der Waals surface area contributed by atoms with E-state index in [1.807, 2.05) is 0 Å². The zero-order chi connectivity index (χ0) is 16.3. The van der Waals surface area contributed by atoms with Gasteiger partial charge in [0.2, 0.25) is 0 Å². The van der Waals surface area contributed by atoms with Crippen LogP contribution in [0.5, 0.6) is 5.75 Å². The molecule has 0 heterocycles. The lowest BCUT2D eigenvalue weighted by Gasteiger charge is -2.30. The molecule has 1 rings (SSSR count). The molecule has 0 radical (unpaired) electrons. The molecule has 0 aliphatic heterocycles. The number of rotatable bonds is 5. The molecule has 0 unspecified atom stereocenters. The first-order valence-corrected chi connectivity index (χ1v) is 8.51. The van der Waals surface area contributed by atoms with Gasteiger partial charge in [-0.2, -0.15) is 0 Å². The minimum atomic E-state index is 0.0709. The number of hydrogen-bond donors (Lipinski definition) is 0. The Morgan fingerprint density at radius 1 is 0.952 bits per heavy atom. The van der Waals surface area contributed by atoms with Crippen LogP contribution in [0.4, 0.5) is 0 Å². The molecule has 1 aromatic rings. The molecule has 0 fully saturated rings. The minimum Gasteiger partial charge on any atom is -0.493 e. The van der Waals surface area contributed by atoms with Gasteiger partial charge in [0.1, 0.15) is 5.75 Å². The number of aryl methyl sites for hydroxylation is 1. The van der Waals surface area contributed by atoms with E-state index in [9.17, 15) is 0 Å². The second-order valence-electron chi connectivity index (χ2n) is 7.75. The Morgan fingerprint density at radius 2 is 1.43 bits per heavy atom. The van der Waals surface area contributed by atoms with Gasteiger partial charge in [0.25, 0.3) is 0 Å². The van der Waals surface area contributed by atoms with E-state index >= 15 is 0 Å². The number of ether oxygens (including phenoxy) is 1. The fourth-order valence-electron chi connectivity index (χ4n) is 2.52. The molecule has 0 N–H and O–H groups in total. The Bertz CT molecular complexity index is 428. The molecule has 120 valence electrons. The summed E-state index contributed by atoms with van der Waals surface area (Å²) in [5.41, 5.74) is 4.12. The summed E-state index contributed by atoms with van der Waals surface area (Å²) in [6, 6.07) is 4.62. The van der Waals surface area contributed by atoms with E-state index in [-0.39, 0.29) is 10.8 Å². The SMILES string of the molecule is CCOc1c(C(C)(C)C)cc(CCCCl)cc1C(C)(C)C. The number of hydrogen-bond acceptors (Lipinski definition) is 1. The molecule has 1 aromatic carbocycles. The Balaban J connectivity index is 3.50. The van der Waals surface area contributed by atoms with Crippen molar-refractivity contribution in [1.82, 2.24) is 0 Å². The van der Waals surface area contributed by atoms with Crippen molar-refractivity contribution in [2.24, 2.45) is 0 Å². The first kappa shape index (κ1) is 18.4. The molecule has 0 aliphatic carbocycles. The number of halogens is 1. The van der Waals surface area contributed by atoms with Crippen molar-refractivity contribution in [2.75, 3.05) is 12.5 Å². The van der Waals surface area contributed by atoms with Crippen molar-refractivity contribution in [1.29, 1.82) is 0 Å². The lowest BCUT2D eigenvalue weighted by atomic mass is 9.78. The third-order valence-electron chi connectivity index (χ3n) is 3.65. The molecule has 0 bridgehead atoms. The summed E-state index contributed by atoms with van der Waals surface area (Å²) in [4.78, 5) is 0. The summed E-state index contributed by atoms with van der Waals surface area (Å²) in [5, 5.41) is 0. The van der Waals surface area contributed by atoms with E-state index in [4.69, 9.17) is 16.3 Å². The van der Waals surface area contributed by atoms with Crippen LogP contribution in [-0.2, 0) is 17.3 Å². The molecule has 0 aliphatic rings. The van der Waals surface area contributed by atoms with Gasteiger partial charge in [0.05, 0.1) is 6.61 Å². The van der Waals surface area contributed by atoms with Crippen molar-refractivity contribution >= 4 is 11.6 Å². The average Bonchev–Trinajstić information content (AvgIpc) is 2.34. The fraction of sp³-hybridized carbons (Fsp3) is 0.684. The van der Waals surface area contributed by atoms with E-state index in [0.29, 0.717) is 12.5 Å². The molecule has 0 saturated heterocycles. The van der Waals surface area contributed by atoms with Gasteiger partial charge in [-0.1, -0.05) is 53.7 Å². The van der Waals surface area contributed by atoms with Crippen LogP contribution >= 0.6 is 11.6 Å². The van der Waals surface area contributed by atoms with Crippen molar-refractivity contribution in [3.8, 4) is 5.75 Å². The molecular weight excluding hydrogens is 280 g/mol. The molecular formula is C19H31ClO. The highest BCUT2D eigenvalue weighted by Crippen LogP contribution is 2.40. The zero-order valence-corrected chi connectivity index (χ0v) is 15.5. The standard InChI is InChI=1S/C19H31ClO/c1-8-21-17-15(18(2,3)4)12-14(10-9-11-20)13-16(17)19(5,6)7/h12-13H,8-11H2,1-7H3. The second-order valence-corrected chi connectivity index (χ2v) is 8.12. The van der Waals surface area contributed by atoms with Crippen LogP contribution in [-0.4, -0.2) is 12.5 Å². The van der Waals surface area contributed by atoms with Gasteiger partial charge >= 0.3 is 0 Å². The quantitative estimate of drug-likeness (QED) is 0.620. The minimum absolute atomic E-state index is 0.0709. The lowest BCUT2D eigenvalue weighted by Crippen LogP contribution is -2.20. The van der Waals surface area contributed by atoms with E-state index < -0.39 is 0 Å². The molecule has 0 atom stereocenters. The molecule has 1 nitrogen and oxygen atoms in total. The van der Waals surface area contributed by atoms with E-state index in [0.717, 1.165) is 18.6 Å². The Labute approximate surface area is 136 Å². The van der Waals surface area contributed by atoms with Gasteiger partial charge in [0, 0.05) is 17.0 Å².